The van der Waals surface area contributed by atoms with Crippen molar-refractivity contribution in [1.82, 2.24) is 9.80 Å². The first kappa shape index (κ1) is 16.1. The summed E-state index contributed by atoms with van der Waals surface area (Å²) in [6.07, 6.45) is 2.55. The monoisotopic (exact) mass is 298 g/mol. The zero-order valence-corrected chi connectivity index (χ0v) is 13.1. The molecule has 2 amide bonds. The van der Waals surface area contributed by atoms with E-state index in [4.69, 9.17) is 4.74 Å². The van der Waals surface area contributed by atoms with E-state index < -0.39 is 12.0 Å². The number of carbonyl (C=O) groups is 2. The van der Waals surface area contributed by atoms with Crippen LogP contribution in [0.25, 0.3) is 0 Å². The molecule has 0 aromatic rings. The van der Waals surface area contributed by atoms with Crippen molar-refractivity contribution in [3.63, 3.8) is 0 Å². The minimum Gasteiger partial charge on any atom is -0.480 e. The van der Waals surface area contributed by atoms with E-state index in [-0.39, 0.29) is 24.1 Å². The number of urea groups is 1. The van der Waals surface area contributed by atoms with Gasteiger partial charge in [0.15, 0.2) is 0 Å². The number of amides is 2. The van der Waals surface area contributed by atoms with Gasteiger partial charge in [-0.2, -0.15) is 0 Å². The van der Waals surface area contributed by atoms with Gasteiger partial charge in [-0.15, -0.1) is 0 Å². The van der Waals surface area contributed by atoms with Crippen molar-refractivity contribution >= 4 is 12.0 Å². The Morgan fingerprint density at radius 2 is 2.00 bits per heavy atom. The van der Waals surface area contributed by atoms with E-state index >= 15 is 0 Å². The van der Waals surface area contributed by atoms with Gasteiger partial charge in [0.25, 0.3) is 0 Å². The number of carbonyl (C=O) groups excluding carboxylic acids is 1. The SMILES string of the molecule is CCC1COC(C)CN1C(=O)N1CCCC(C)C1C(=O)O. The van der Waals surface area contributed by atoms with E-state index in [9.17, 15) is 14.7 Å². The van der Waals surface area contributed by atoms with Crippen molar-refractivity contribution < 1.29 is 19.4 Å². The standard InChI is InChI=1S/C15H26N2O4/c1-4-12-9-21-11(3)8-17(12)15(20)16-7-5-6-10(2)13(16)14(18)19/h10-13H,4-9H2,1-3H3,(H,18,19). The van der Waals surface area contributed by atoms with E-state index in [1.807, 2.05) is 25.7 Å². The highest BCUT2D eigenvalue weighted by Crippen LogP contribution is 2.26. The van der Waals surface area contributed by atoms with Gasteiger partial charge < -0.3 is 19.6 Å². The Labute approximate surface area is 126 Å². The second-order valence-electron chi connectivity index (χ2n) is 6.24. The second-order valence-corrected chi connectivity index (χ2v) is 6.24. The molecule has 0 radical (unpaired) electrons. The largest absolute Gasteiger partial charge is 0.480 e. The van der Waals surface area contributed by atoms with Crippen LogP contribution in [-0.4, -0.2) is 64.8 Å². The molecule has 6 nitrogen and oxygen atoms in total. The zero-order valence-electron chi connectivity index (χ0n) is 13.1. The first-order valence-corrected chi connectivity index (χ1v) is 7.87. The minimum absolute atomic E-state index is 0.00117. The van der Waals surface area contributed by atoms with Gasteiger partial charge in [0.2, 0.25) is 0 Å². The van der Waals surface area contributed by atoms with Gasteiger partial charge in [0.05, 0.1) is 18.8 Å². The Morgan fingerprint density at radius 3 is 2.62 bits per heavy atom. The third kappa shape index (κ3) is 3.31. The van der Waals surface area contributed by atoms with Crippen molar-refractivity contribution in [2.24, 2.45) is 5.92 Å². The second kappa shape index (κ2) is 6.64. The number of rotatable bonds is 2. The summed E-state index contributed by atoms with van der Waals surface area (Å²) in [4.78, 5) is 27.8. The topological polar surface area (TPSA) is 70.1 Å². The van der Waals surface area contributed by atoms with Crippen molar-refractivity contribution in [2.45, 2.75) is 58.2 Å². The maximum Gasteiger partial charge on any atom is 0.326 e. The fraction of sp³-hybridized carbons (Fsp3) is 0.867. The summed E-state index contributed by atoms with van der Waals surface area (Å²) in [5, 5.41) is 9.46. The average molecular weight is 298 g/mol. The Bertz CT molecular complexity index is 401. The number of nitrogens with zero attached hydrogens (tertiary/aromatic N) is 2. The van der Waals surface area contributed by atoms with Crippen LogP contribution in [0.2, 0.25) is 0 Å². The lowest BCUT2D eigenvalue weighted by Crippen LogP contribution is -2.60. The van der Waals surface area contributed by atoms with Gasteiger partial charge in [-0.05, 0) is 32.1 Å². The molecule has 2 heterocycles. The molecule has 4 atom stereocenters. The number of likely N-dealkylation sites (tertiary alicyclic amines) is 1. The molecule has 2 rings (SSSR count). The maximum absolute atomic E-state index is 12.9. The van der Waals surface area contributed by atoms with Crippen molar-refractivity contribution in [2.75, 3.05) is 19.7 Å². The minimum atomic E-state index is -0.898. The molecule has 2 fully saturated rings. The lowest BCUT2D eigenvalue weighted by Gasteiger charge is -2.44. The summed E-state index contributed by atoms with van der Waals surface area (Å²) in [5.41, 5.74) is 0. The van der Waals surface area contributed by atoms with Crippen molar-refractivity contribution in [3.05, 3.63) is 0 Å². The Kier molecular flexibility index (Phi) is 5.08. The highest BCUT2D eigenvalue weighted by atomic mass is 16.5. The highest BCUT2D eigenvalue weighted by molar-refractivity contribution is 5.83. The summed E-state index contributed by atoms with van der Waals surface area (Å²) >= 11 is 0. The Hall–Kier alpha value is -1.30. The fourth-order valence-electron chi connectivity index (χ4n) is 3.36. The molecule has 2 aliphatic rings. The van der Waals surface area contributed by atoms with Crippen LogP contribution in [0.15, 0.2) is 0 Å². The third-order valence-corrected chi connectivity index (χ3v) is 4.62. The molecule has 4 unspecified atom stereocenters. The highest BCUT2D eigenvalue weighted by Gasteiger charge is 2.41. The number of morpholine rings is 1. The molecule has 2 saturated heterocycles. The molecular weight excluding hydrogens is 272 g/mol. The van der Waals surface area contributed by atoms with Gasteiger partial charge in [0.1, 0.15) is 6.04 Å². The Morgan fingerprint density at radius 1 is 1.29 bits per heavy atom. The summed E-state index contributed by atoms with van der Waals surface area (Å²) in [7, 11) is 0. The fourth-order valence-corrected chi connectivity index (χ4v) is 3.36. The molecule has 21 heavy (non-hydrogen) atoms. The smallest absolute Gasteiger partial charge is 0.326 e. The Balaban J connectivity index is 2.17. The summed E-state index contributed by atoms with van der Waals surface area (Å²) in [5.74, 6) is -0.899. The van der Waals surface area contributed by atoms with Gasteiger partial charge in [-0.25, -0.2) is 9.59 Å². The molecule has 1 N–H and O–H groups in total. The number of piperidine rings is 1. The van der Waals surface area contributed by atoms with E-state index in [1.54, 1.807) is 4.90 Å². The van der Waals surface area contributed by atoms with Crippen molar-refractivity contribution in [1.29, 1.82) is 0 Å². The van der Waals surface area contributed by atoms with Gasteiger partial charge in [0, 0.05) is 13.1 Å². The number of ether oxygens (including phenoxy) is 1. The molecule has 0 aliphatic carbocycles. The lowest BCUT2D eigenvalue weighted by atomic mass is 9.91. The summed E-state index contributed by atoms with van der Waals surface area (Å²) in [6.45, 7) is 7.48. The van der Waals surface area contributed by atoms with Crippen LogP contribution in [0.4, 0.5) is 4.79 Å². The van der Waals surface area contributed by atoms with E-state index in [0.29, 0.717) is 19.7 Å². The molecule has 120 valence electrons. The van der Waals surface area contributed by atoms with Gasteiger partial charge in [-0.3, -0.25) is 0 Å². The maximum atomic E-state index is 12.9. The van der Waals surface area contributed by atoms with Gasteiger partial charge >= 0.3 is 12.0 Å². The molecule has 0 aromatic heterocycles. The predicted octanol–water partition coefficient (Wildman–Crippen LogP) is 1.79. The lowest BCUT2D eigenvalue weighted by molar-refractivity contribution is -0.145. The first-order chi connectivity index (χ1) is 9.95. The van der Waals surface area contributed by atoms with Crippen LogP contribution < -0.4 is 0 Å². The molecule has 0 aromatic carbocycles. The van der Waals surface area contributed by atoms with Crippen LogP contribution in [0, 0.1) is 5.92 Å². The average Bonchev–Trinajstić information content (AvgIpc) is 2.45. The van der Waals surface area contributed by atoms with E-state index in [0.717, 1.165) is 19.3 Å². The normalized spacial score (nSPS) is 33.9. The summed E-state index contributed by atoms with van der Waals surface area (Å²) in [6, 6.07) is -0.807. The van der Waals surface area contributed by atoms with E-state index in [2.05, 4.69) is 0 Å². The third-order valence-electron chi connectivity index (χ3n) is 4.62. The zero-order chi connectivity index (χ0) is 15.6. The molecule has 0 bridgehead atoms. The number of hydrogen-bond acceptors (Lipinski definition) is 3. The number of carboxylic acids is 1. The van der Waals surface area contributed by atoms with Crippen LogP contribution in [0.1, 0.15) is 40.0 Å². The van der Waals surface area contributed by atoms with Crippen LogP contribution >= 0.6 is 0 Å². The van der Waals surface area contributed by atoms with Crippen LogP contribution in [-0.2, 0) is 9.53 Å². The number of aliphatic carboxylic acids is 1. The van der Waals surface area contributed by atoms with Crippen molar-refractivity contribution in [3.8, 4) is 0 Å². The molecule has 6 heteroatoms. The molecular formula is C15H26N2O4. The predicted molar refractivity (Wildman–Crippen MR) is 78.1 cm³/mol. The van der Waals surface area contributed by atoms with E-state index in [1.165, 1.54) is 0 Å². The van der Waals surface area contributed by atoms with Crippen LogP contribution in [0.5, 0.6) is 0 Å². The van der Waals surface area contributed by atoms with Gasteiger partial charge in [-0.1, -0.05) is 13.8 Å². The number of hydrogen-bond donors (Lipinski definition) is 1. The summed E-state index contributed by atoms with van der Waals surface area (Å²) < 4.78 is 5.62. The molecule has 2 aliphatic heterocycles. The number of carboxylic acid groups (broad SMARTS) is 1. The molecule has 0 saturated carbocycles. The quantitative estimate of drug-likeness (QED) is 0.844. The first-order valence-electron chi connectivity index (χ1n) is 7.87. The molecule has 0 spiro atoms. The van der Waals surface area contributed by atoms with Crippen LogP contribution in [0.3, 0.4) is 0 Å².